The highest BCUT2D eigenvalue weighted by atomic mass is 32.2. The van der Waals surface area contributed by atoms with Crippen LogP contribution in [0.15, 0.2) is 77.8 Å². The first-order valence-electron chi connectivity index (χ1n) is 14.0. The number of piperazine rings is 1. The molecule has 2 fully saturated rings. The number of anilines is 2. The van der Waals surface area contributed by atoms with Crippen LogP contribution in [0.3, 0.4) is 0 Å². The number of sulfonamides is 1. The molecule has 0 spiro atoms. The van der Waals surface area contributed by atoms with E-state index < -0.39 is 10.0 Å². The molecule has 2 aromatic heterocycles. The minimum Gasteiger partial charge on any atom is -0.480 e. The first kappa shape index (κ1) is 27.0. The summed E-state index contributed by atoms with van der Waals surface area (Å²) in [5, 5.41) is 0.743. The standard InChI is InChI=1S/C31H33N5O4S/c1-40-30-27(16-15-26(33-30)22-6-2-3-7-22)35-18-20-36(21-19-35)31(37)24-11-13-25(14-12-24)34-41(38,39)28-10-4-8-23-9-5-17-32-29(23)28/h4-5,8-17,22,34H,2-3,6-7,18-21H2,1H3. The average molecular weight is 572 g/mol. The van der Waals surface area contributed by atoms with Crippen LogP contribution < -0.4 is 14.4 Å². The number of hydrogen-bond acceptors (Lipinski definition) is 7. The molecule has 2 aromatic carbocycles. The lowest BCUT2D eigenvalue weighted by atomic mass is 10.0. The lowest BCUT2D eigenvalue weighted by molar-refractivity contribution is 0.0746. The third-order valence-corrected chi connectivity index (χ3v) is 9.42. The molecular weight excluding hydrogens is 538 g/mol. The van der Waals surface area contributed by atoms with Crippen molar-refractivity contribution in [3.05, 3.63) is 84.2 Å². The molecule has 1 amide bonds. The van der Waals surface area contributed by atoms with Crippen molar-refractivity contribution in [3.63, 3.8) is 0 Å². The quantitative estimate of drug-likeness (QED) is 0.331. The summed E-state index contributed by atoms with van der Waals surface area (Å²) in [5.74, 6) is 1.08. The zero-order chi connectivity index (χ0) is 28.4. The Labute approximate surface area is 240 Å². The van der Waals surface area contributed by atoms with Gasteiger partial charge in [-0.3, -0.25) is 14.5 Å². The second kappa shape index (κ2) is 11.4. The largest absolute Gasteiger partial charge is 0.480 e. The number of ether oxygens (including phenoxy) is 1. The van der Waals surface area contributed by atoms with Crippen LogP contribution >= 0.6 is 0 Å². The molecule has 212 valence electrons. The summed E-state index contributed by atoms with van der Waals surface area (Å²) >= 11 is 0. The lowest BCUT2D eigenvalue weighted by Gasteiger charge is -2.36. The molecule has 1 aliphatic heterocycles. The van der Waals surface area contributed by atoms with E-state index >= 15 is 0 Å². The molecule has 1 saturated heterocycles. The van der Waals surface area contributed by atoms with Crippen LogP contribution in [0.4, 0.5) is 11.4 Å². The van der Waals surface area contributed by atoms with Crippen molar-refractivity contribution >= 4 is 38.2 Å². The monoisotopic (exact) mass is 571 g/mol. The van der Waals surface area contributed by atoms with Crippen LogP contribution in [0, 0.1) is 0 Å². The van der Waals surface area contributed by atoms with Crippen molar-refractivity contribution < 1.29 is 17.9 Å². The number of carbonyl (C=O) groups excluding carboxylic acids is 1. The number of para-hydroxylation sites is 1. The zero-order valence-corrected chi connectivity index (χ0v) is 23.8. The number of fused-ring (bicyclic) bond motifs is 1. The topological polar surface area (TPSA) is 105 Å². The lowest BCUT2D eigenvalue weighted by Crippen LogP contribution is -2.49. The number of hydrogen-bond donors (Lipinski definition) is 1. The van der Waals surface area contributed by atoms with Gasteiger partial charge in [0.15, 0.2) is 0 Å². The highest BCUT2D eigenvalue weighted by Crippen LogP contribution is 2.36. The van der Waals surface area contributed by atoms with Gasteiger partial charge in [-0.25, -0.2) is 13.4 Å². The maximum Gasteiger partial charge on any atom is 0.264 e. The smallest absolute Gasteiger partial charge is 0.264 e. The Hall–Kier alpha value is -4.18. The van der Waals surface area contributed by atoms with Crippen molar-refractivity contribution in [2.75, 3.05) is 42.9 Å². The Morgan fingerprint density at radius 2 is 1.66 bits per heavy atom. The third-order valence-electron chi connectivity index (χ3n) is 8.01. The van der Waals surface area contributed by atoms with Gasteiger partial charge in [0.2, 0.25) is 5.88 Å². The molecule has 4 aromatic rings. The Balaban J connectivity index is 1.09. The Morgan fingerprint density at radius 1 is 0.927 bits per heavy atom. The number of rotatable bonds is 7. The predicted octanol–water partition coefficient (Wildman–Crippen LogP) is 5.06. The minimum atomic E-state index is -3.87. The summed E-state index contributed by atoms with van der Waals surface area (Å²) in [4.78, 5) is 26.5. The molecule has 0 unspecified atom stereocenters. The van der Waals surface area contributed by atoms with E-state index in [1.165, 1.54) is 31.7 Å². The molecule has 1 saturated carbocycles. The van der Waals surface area contributed by atoms with Crippen LogP contribution in [0.25, 0.3) is 10.9 Å². The van der Waals surface area contributed by atoms with Gasteiger partial charge in [0, 0.05) is 60.6 Å². The molecule has 2 aliphatic rings. The third kappa shape index (κ3) is 5.56. The molecule has 9 nitrogen and oxygen atoms in total. The van der Waals surface area contributed by atoms with Crippen LogP contribution in [-0.4, -0.2) is 62.5 Å². The van der Waals surface area contributed by atoms with Gasteiger partial charge < -0.3 is 14.5 Å². The molecule has 10 heteroatoms. The molecule has 0 atom stereocenters. The van der Waals surface area contributed by atoms with Crippen molar-refractivity contribution in [1.29, 1.82) is 0 Å². The van der Waals surface area contributed by atoms with Crippen molar-refractivity contribution in [2.45, 2.75) is 36.5 Å². The zero-order valence-electron chi connectivity index (χ0n) is 23.0. The number of aromatic nitrogens is 2. The maximum atomic E-state index is 13.2. The van der Waals surface area contributed by atoms with E-state index in [-0.39, 0.29) is 10.8 Å². The molecule has 0 radical (unpaired) electrons. The summed E-state index contributed by atoms with van der Waals surface area (Å²) in [6.07, 6.45) is 6.46. The Kier molecular flexibility index (Phi) is 7.49. The minimum absolute atomic E-state index is 0.0843. The number of carbonyl (C=O) groups is 1. The molecule has 1 aliphatic carbocycles. The van der Waals surface area contributed by atoms with E-state index in [1.807, 2.05) is 17.0 Å². The first-order valence-corrected chi connectivity index (χ1v) is 15.5. The second-order valence-corrected chi connectivity index (χ2v) is 12.2. The highest BCUT2D eigenvalue weighted by Gasteiger charge is 2.26. The van der Waals surface area contributed by atoms with E-state index in [0.717, 1.165) is 16.8 Å². The van der Waals surface area contributed by atoms with Gasteiger partial charge in [0.1, 0.15) is 4.90 Å². The van der Waals surface area contributed by atoms with E-state index in [1.54, 1.807) is 49.7 Å². The molecule has 0 bridgehead atoms. The normalized spacial score (nSPS) is 16.2. The van der Waals surface area contributed by atoms with Crippen LogP contribution in [-0.2, 0) is 10.0 Å². The molecule has 41 heavy (non-hydrogen) atoms. The maximum absolute atomic E-state index is 13.2. The van der Waals surface area contributed by atoms with Crippen LogP contribution in [0.2, 0.25) is 0 Å². The van der Waals surface area contributed by atoms with Gasteiger partial charge in [-0.1, -0.05) is 31.0 Å². The Morgan fingerprint density at radius 3 is 2.39 bits per heavy atom. The number of amides is 1. The van der Waals surface area contributed by atoms with E-state index in [4.69, 9.17) is 9.72 Å². The van der Waals surface area contributed by atoms with Gasteiger partial charge in [-0.2, -0.15) is 0 Å². The fourth-order valence-electron chi connectivity index (χ4n) is 5.80. The SMILES string of the molecule is COc1nc(C2CCCC2)ccc1N1CCN(C(=O)c2ccc(NS(=O)(=O)c3cccc4cccnc34)cc2)CC1. The van der Waals surface area contributed by atoms with Crippen molar-refractivity contribution in [1.82, 2.24) is 14.9 Å². The summed E-state index contributed by atoms with van der Waals surface area (Å²) in [5.41, 5.74) is 3.36. The van der Waals surface area contributed by atoms with Crippen LogP contribution in [0.5, 0.6) is 5.88 Å². The first-order chi connectivity index (χ1) is 19.9. The van der Waals surface area contributed by atoms with Gasteiger partial charge in [0.05, 0.1) is 18.3 Å². The number of nitrogens with zero attached hydrogens (tertiary/aromatic N) is 4. The Bertz CT molecular complexity index is 1660. The fourth-order valence-corrected chi connectivity index (χ4v) is 7.04. The van der Waals surface area contributed by atoms with Gasteiger partial charge in [-0.15, -0.1) is 0 Å². The summed E-state index contributed by atoms with van der Waals surface area (Å²) in [6.45, 7) is 2.47. The average Bonchev–Trinajstić information content (AvgIpc) is 3.56. The number of pyridine rings is 2. The van der Waals surface area contributed by atoms with E-state index in [9.17, 15) is 13.2 Å². The van der Waals surface area contributed by atoms with E-state index in [0.29, 0.717) is 54.7 Å². The van der Waals surface area contributed by atoms with Crippen molar-refractivity contribution in [2.24, 2.45) is 0 Å². The van der Waals surface area contributed by atoms with Crippen LogP contribution in [0.1, 0.15) is 47.7 Å². The van der Waals surface area contributed by atoms with Gasteiger partial charge >= 0.3 is 0 Å². The summed E-state index contributed by atoms with van der Waals surface area (Å²) in [6, 6.07) is 19.4. The number of nitrogens with one attached hydrogen (secondary N) is 1. The number of benzene rings is 2. The number of methoxy groups -OCH3 is 1. The van der Waals surface area contributed by atoms with Gasteiger partial charge in [-0.05, 0) is 61.4 Å². The van der Waals surface area contributed by atoms with Gasteiger partial charge in [0.25, 0.3) is 15.9 Å². The van der Waals surface area contributed by atoms with E-state index in [2.05, 4.69) is 26.7 Å². The van der Waals surface area contributed by atoms with Crippen molar-refractivity contribution in [3.8, 4) is 5.88 Å². The predicted molar refractivity (Wildman–Crippen MR) is 159 cm³/mol. The summed E-state index contributed by atoms with van der Waals surface area (Å²) in [7, 11) is -2.21. The second-order valence-electron chi connectivity index (χ2n) is 10.5. The molecule has 6 rings (SSSR count). The molecule has 3 heterocycles. The molecule has 1 N–H and O–H groups in total. The molecular formula is C31H33N5O4S. The fraction of sp³-hybridized carbons (Fsp3) is 0.323. The summed E-state index contributed by atoms with van der Waals surface area (Å²) < 4.78 is 34.5. The highest BCUT2D eigenvalue weighted by molar-refractivity contribution is 7.93.